The highest BCUT2D eigenvalue weighted by Crippen LogP contribution is 2.32. The summed E-state index contributed by atoms with van der Waals surface area (Å²) in [7, 11) is 0. The van der Waals surface area contributed by atoms with E-state index in [0.717, 1.165) is 25.1 Å². The van der Waals surface area contributed by atoms with Crippen LogP contribution in [-0.4, -0.2) is 28.4 Å². The van der Waals surface area contributed by atoms with Crippen LogP contribution in [0.25, 0.3) is 0 Å². The van der Waals surface area contributed by atoms with Crippen molar-refractivity contribution in [3.8, 4) is 0 Å². The van der Waals surface area contributed by atoms with Gasteiger partial charge < -0.3 is 10.6 Å². The first-order valence-electron chi connectivity index (χ1n) is 9.94. The van der Waals surface area contributed by atoms with Gasteiger partial charge in [-0.15, -0.1) is 0 Å². The lowest BCUT2D eigenvalue weighted by Gasteiger charge is -2.30. The van der Waals surface area contributed by atoms with E-state index in [9.17, 15) is 18.0 Å². The van der Waals surface area contributed by atoms with Crippen molar-refractivity contribution in [1.82, 2.24) is 9.88 Å². The first-order chi connectivity index (χ1) is 12.8. The molecule has 7 heteroatoms. The molecule has 1 amide bonds. The highest BCUT2D eigenvalue weighted by Gasteiger charge is 2.35. The molecule has 0 bridgehead atoms. The fourth-order valence-corrected chi connectivity index (χ4v) is 4.15. The van der Waals surface area contributed by atoms with Gasteiger partial charge in [-0.2, -0.15) is 13.2 Å². The van der Waals surface area contributed by atoms with Crippen LogP contribution in [0.1, 0.15) is 68.2 Å². The van der Waals surface area contributed by atoms with Gasteiger partial charge in [0.05, 0.1) is 5.56 Å². The zero-order chi connectivity index (χ0) is 19.4. The Morgan fingerprint density at radius 2 is 1.81 bits per heavy atom. The molecule has 4 nitrogen and oxygen atoms in total. The predicted octanol–water partition coefficient (Wildman–Crippen LogP) is 4.06. The van der Waals surface area contributed by atoms with E-state index in [1.165, 1.54) is 32.1 Å². The zero-order valence-corrected chi connectivity index (χ0v) is 15.6. The molecule has 2 fully saturated rings. The first kappa shape index (κ1) is 20.1. The van der Waals surface area contributed by atoms with Crippen molar-refractivity contribution in [3.05, 3.63) is 29.1 Å². The minimum atomic E-state index is -4.41. The van der Waals surface area contributed by atoms with E-state index in [4.69, 9.17) is 5.73 Å². The fraction of sp³-hybridized carbons (Fsp3) is 0.700. The van der Waals surface area contributed by atoms with Crippen molar-refractivity contribution in [3.63, 3.8) is 0 Å². The van der Waals surface area contributed by atoms with E-state index in [2.05, 4.69) is 4.98 Å². The minimum absolute atomic E-state index is 0.0102. The summed E-state index contributed by atoms with van der Waals surface area (Å²) in [6.45, 7) is 0.715. The fourth-order valence-electron chi connectivity index (χ4n) is 4.15. The van der Waals surface area contributed by atoms with Gasteiger partial charge in [0.25, 0.3) is 0 Å². The largest absolute Gasteiger partial charge is 0.417 e. The van der Waals surface area contributed by atoms with Gasteiger partial charge in [-0.1, -0.05) is 32.1 Å². The van der Waals surface area contributed by atoms with E-state index in [1.54, 1.807) is 4.90 Å². The Balaban J connectivity index is 0.000000364. The molecule has 1 aliphatic heterocycles. The van der Waals surface area contributed by atoms with Crippen LogP contribution in [0, 0.1) is 5.92 Å². The third-order valence-corrected chi connectivity index (χ3v) is 5.75. The number of carbonyl (C=O) groups excluding carboxylic acids is 1. The molecular weight excluding hydrogens is 355 g/mol. The predicted molar refractivity (Wildman–Crippen MR) is 96.8 cm³/mol. The van der Waals surface area contributed by atoms with Crippen LogP contribution in [0.5, 0.6) is 0 Å². The Morgan fingerprint density at radius 1 is 1.15 bits per heavy atom. The summed E-state index contributed by atoms with van der Waals surface area (Å²) in [6, 6.07) is 1.17. The molecule has 0 saturated heterocycles. The third kappa shape index (κ3) is 5.21. The average Bonchev–Trinajstić information content (AvgIpc) is 3.34. The summed E-state index contributed by atoms with van der Waals surface area (Å²) < 4.78 is 38.3. The molecule has 2 N–H and O–H groups in total. The molecule has 2 aliphatic carbocycles. The molecule has 3 aliphatic rings. The van der Waals surface area contributed by atoms with E-state index in [-0.39, 0.29) is 24.4 Å². The van der Waals surface area contributed by atoms with Crippen LogP contribution in [0.3, 0.4) is 0 Å². The van der Waals surface area contributed by atoms with E-state index >= 15 is 0 Å². The first-order valence-corrected chi connectivity index (χ1v) is 9.94. The maximum atomic E-state index is 12.8. The maximum absolute atomic E-state index is 12.8. The van der Waals surface area contributed by atoms with E-state index in [0.29, 0.717) is 30.6 Å². The van der Waals surface area contributed by atoms with Gasteiger partial charge >= 0.3 is 6.18 Å². The number of nitrogens with two attached hydrogens (primary N) is 1. The Morgan fingerprint density at radius 3 is 2.37 bits per heavy atom. The number of fused-ring (bicyclic) bond motifs is 1. The van der Waals surface area contributed by atoms with Crippen molar-refractivity contribution in [1.29, 1.82) is 0 Å². The lowest BCUT2D eigenvalue weighted by atomic mass is 10.00. The maximum Gasteiger partial charge on any atom is 0.417 e. The smallest absolute Gasteiger partial charge is 0.338 e. The number of aromatic nitrogens is 1. The van der Waals surface area contributed by atoms with Gasteiger partial charge in [-0.3, -0.25) is 9.78 Å². The Kier molecular flexibility index (Phi) is 6.40. The molecule has 0 aromatic carbocycles. The normalized spacial score (nSPS) is 25.0. The summed E-state index contributed by atoms with van der Waals surface area (Å²) in [6.07, 6.45) is 6.73. The molecule has 2 atom stereocenters. The van der Waals surface area contributed by atoms with Gasteiger partial charge in [-0.05, 0) is 30.9 Å². The van der Waals surface area contributed by atoms with Crippen LogP contribution in [0.15, 0.2) is 12.3 Å². The molecule has 2 heterocycles. The van der Waals surface area contributed by atoms with Gasteiger partial charge in [0.1, 0.15) is 0 Å². The summed E-state index contributed by atoms with van der Waals surface area (Å²) in [5, 5.41) is 0. The molecule has 2 saturated carbocycles. The number of halogens is 3. The molecular formula is C20H28F3N3O. The third-order valence-electron chi connectivity index (χ3n) is 5.75. The van der Waals surface area contributed by atoms with E-state index in [1.807, 2.05) is 0 Å². The second-order valence-electron chi connectivity index (χ2n) is 7.88. The number of rotatable bonds is 1. The SMILES string of the molecule is C1CCCC1.NC1CC[C@H](C(=O)N2CCc3ncc(C(F)(F)F)cc3C2)C1. The zero-order valence-electron chi connectivity index (χ0n) is 15.6. The number of alkyl halides is 3. The lowest BCUT2D eigenvalue weighted by Crippen LogP contribution is -2.40. The Bertz CT molecular complexity index is 651. The number of nitrogens with zero attached hydrogens (tertiary/aromatic N) is 2. The van der Waals surface area contributed by atoms with Gasteiger partial charge in [0.15, 0.2) is 0 Å². The molecule has 27 heavy (non-hydrogen) atoms. The van der Waals surface area contributed by atoms with Crippen molar-refractivity contribution < 1.29 is 18.0 Å². The quantitative estimate of drug-likeness (QED) is 0.795. The Hall–Kier alpha value is -1.63. The molecule has 0 spiro atoms. The molecule has 1 aromatic rings. The van der Waals surface area contributed by atoms with Crippen molar-refractivity contribution in [2.45, 2.75) is 76.6 Å². The van der Waals surface area contributed by atoms with Gasteiger partial charge in [0.2, 0.25) is 5.91 Å². The van der Waals surface area contributed by atoms with Crippen LogP contribution in [0.4, 0.5) is 13.2 Å². The topological polar surface area (TPSA) is 59.2 Å². The molecule has 0 radical (unpaired) electrons. The number of pyridine rings is 1. The summed E-state index contributed by atoms with van der Waals surface area (Å²) in [4.78, 5) is 18.0. The van der Waals surface area contributed by atoms with Gasteiger partial charge in [-0.25, -0.2) is 0 Å². The molecule has 1 aromatic heterocycles. The molecule has 150 valence electrons. The summed E-state index contributed by atoms with van der Waals surface area (Å²) >= 11 is 0. The highest BCUT2D eigenvalue weighted by atomic mass is 19.4. The van der Waals surface area contributed by atoms with Gasteiger partial charge in [0, 0.05) is 43.4 Å². The molecule has 4 rings (SSSR count). The van der Waals surface area contributed by atoms with Crippen molar-refractivity contribution in [2.75, 3.05) is 6.54 Å². The molecule has 1 unspecified atom stereocenters. The lowest BCUT2D eigenvalue weighted by molar-refractivity contribution is -0.137. The highest BCUT2D eigenvalue weighted by molar-refractivity contribution is 5.79. The van der Waals surface area contributed by atoms with Crippen molar-refractivity contribution in [2.24, 2.45) is 11.7 Å². The number of hydrogen-bond donors (Lipinski definition) is 1. The minimum Gasteiger partial charge on any atom is -0.338 e. The number of hydrogen-bond acceptors (Lipinski definition) is 3. The Labute approximate surface area is 158 Å². The number of amides is 1. The number of carbonyl (C=O) groups is 1. The van der Waals surface area contributed by atoms with Crippen LogP contribution in [0.2, 0.25) is 0 Å². The van der Waals surface area contributed by atoms with Crippen molar-refractivity contribution >= 4 is 5.91 Å². The van der Waals surface area contributed by atoms with Crippen LogP contribution < -0.4 is 5.73 Å². The van der Waals surface area contributed by atoms with E-state index < -0.39 is 11.7 Å². The van der Waals surface area contributed by atoms with Crippen LogP contribution in [-0.2, 0) is 23.9 Å². The van der Waals surface area contributed by atoms with Crippen LogP contribution >= 0.6 is 0 Å². The summed E-state index contributed by atoms with van der Waals surface area (Å²) in [5.74, 6) is -0.0775. The monoisotopic (exact) mass is 383 g/mol. The standard InChI is InChI=1S/C15H18F3N3O.C5H10/c16-15(17,18)11-5-10-8-21(4-3-13(10)20-7-11)14(22)9-1-2-12(19)6-9;1-2-4-5-3-1/h5,7,9,12H,1-4,6,8,19H2;1-5H2/t9-,12?;/m0./s1. The second-order valence-corrected chi connectivity index (χ2v) is 7.88. The summed E-state index contributed by atoms with van der Waals surface area (Å²) in [5.41, 5.74) is 6.22. The second kappa shape index (κ2) is 8.59. The average molecular weight is 383 g/mol.